The largest absolute Gasteiger partial charge is 0.494 e. The fourth-order valence-electron chi connectivity index (χ4n) is 3.02. The molecule has 0 N–H and O–H groups in total. The van der Waals surface area contributed by atoms with Crippen LogP contribution in [0.2, 0.25) is 0 Å². The van der Waals surface area contributed by atoms with Crippen molar-refractivity contribution in [1.82, 2.24) is 9.21 Å². The monoisotopic (exact) mass is 466 g/mol. The molecule has 2 aromatic rings. The highest BCUT2D eigenvalue weighted by Crippen LogP contribution is 2.18. The Balaban J connectivity index is 1.42. The number of hydrogen-bond donors (Lipinski definition) is 0. The predicted octanol–water partition coefficient (Wildman–Crippen LogP) is 3.14. The second-order valence-corrected chi connectivity index (χ2v) is 9.36. The van der Waals surface area contributed by atoms with Gasteiger partial charge >= 0.3 is 0 Å². The van der Waals surface area contributed by atoms with Gasteiger partial charge in [-0.25, -0.2) is 8.42 Å². The van der Waals surface area contributed by atoms with E-state index in [9.17, 15) is 13.2 Å². The number of amides is 1. The second kappa shape index (κ2) is 9.54. The van der Waals surface area contributed by atoms with E-state index in [0.29, 0.717) is 50.5 Å². The van der Waals surface area contributed by atoms with Gasteiger partial charge in [0.25, 0.3) is 0 Å². The summed E-state index contributed by atoms with van der Waals surface area (Å²) in [5.74, 6) is 0.812. The lowest BCUT2D eigenvalue weighted by Crippen LogP contribution is -2.50. The molecule has 1 saturated heterocycles. The van der Waals surface area contributed by atoms with Crippen molar-refractivity contribution in [1.29, 1.82) is 0 Å². The number of ether oxygens (including phenoxy) is 1. The van der Waals surface area contributed by atoms with Crippen molar-refractivity contribution >= 4 is 31.9 Å². The molecule has 0 saturated carbocycles. The third-order valence-electron chi connectivity index (χ3n) is 4.59. The van der Waals surface area contributed by atoms with E-state index >= 15 is 0 Å². The molecule has 2 aromatic carbocycles. The van der Waals surface area contributed by atoms with E-state index in [1.165, 1.54) is 4.31 Å². The van der Waals surface area contributed by atoms with Gasteiger partial charge in [-0.3, -0.25) is 4.79 Å². The van der Waals surface area contributed by atoms with E-state index in [1.807, 2.05) is 24.3 Å². The van der Waals surface area contributed by atoms with Gasteiger partial charge < -0.3 is 9.64 Å². The number of hydrogen-bond acceptors (Lipinski definition) is 4. The van der Waals surface area contributed by atoms with Gasteiger partial charge in [0, 0.05) is 37.1 Å². The Morgan fingerprint density at radius 3 is 2.25 bits per heavy atom. The van der Waals surface area contributed by atoms with Crippen molar-refractivity contribution in [3.63, 3.8) is 0 Å². The Morgan fingerprint density at radius 1 is 0.964 bits per heavy atom. The lowest BCUT2D eigenvalue weighted by molar-refractivity contribution is -0.132. The summed E-state index contributed by atoms with van der Waals surface area (Å²) >= 11 is 3.37. The topological polar surface area (TPSA) is 66.9 Å². The van der Waals surface area contributed by atoms with E-state index in [4.69, 9.17) is 4.74 Å². The van der Waals surface area contributed by atoms with Crippen LogP contribution in [0.3, 0.4) is 0 Å². The van der Waals surface area contributed by atoms with Crippen LogP contribution in [0.1, 0.15) is 12.8 Å². The summed E-state index contributed by atoms with van der Waals surface area (Å²) in [5, 5.41) is 0. The predicted molar refractivity (Wildman–Crippen MR) is 111 cm³/mol. The lowest BCUT2D eigenvalue weighted by Gasteiger charge is -2.34. The molecule has 1 aliphatic heterocycles. The molecule has 0 bridgehead atoms. The number of benzene rings is 2. The van der Waals surface area contributed by atoms with Gasteiger partial charge in [0.1, 0.15) is 5.75 Å². The van der Waals surface area contributed by atoms with Gasteiger partial charge in [0.2, 0.25) is 15.9 Å². The van der Waals surface area contributed by atoms with Crippen LogP contribution in [0.4, 0.5) is 0 Å². The van der Waals surface area contributed by atoms with Crippen LogP contribution in [0.5, 0.6) is 5.75 Å². The Labute approximate surface area is 174 Å². The highest BCUT2D eigenvalue weighted by Gasteiger charge is 2.29. The highest BCUT2D eigenvalue weighted by atomic mass is 79.9. The first-order valence-electron chi connectivity index (χ1n) is 9.18. The Kier molecular flexibility index (Phi) is 7.09. The summed E-state index contributed by atoms with van der Waals surface area (Å²) in [7, 11) is -3.49. The Bertz CT molecular complexity index is 880. The van der Waals surface area contributed by atoms with Gasteiger partial charge in [-0.15, -0.1) is 0 Å². The van der Waals surface area contributed by atoms with Crippen LogP contribution < -0.4 is 4.74 Å². The second-order valence-electron chi connectivity index (χ2n) is 6.50. The van der Waals surface area contributed by atoms with E-state index < -0.39 is 10.0 Å². The zero-order valence-electron chi connectivity index (χ0n) is 15.5. The number of nitrogens with zero attached hydrogens (tertiary/aromatic N) is 2. The van der Waals surface area contributed by atoms with Crippen LogP contribution in [-0.2, 0) is 14.8 Å². The minimum absolute atomic E-state index is 0.0381. The summed E-state index contributed by atoms with van der Waals surface area (Å²) < 4.78 is 33.3. The average molecular weight is 467 g/mol. The van der Waals surface area contributed by atoms with Crippen LogP contribution in [-0.4, -0.2) is 56.3 Å². The first kappa shape index (κ1) is 20.8. The summed E-state index contributed by atoms with van der Waals surface area (Å²) in [6.07, 6.45) is 1.01. The molecule has 0 spiro atoms. The first-order chi connectivity index (χ1) is 13.5. The zero-order valence-corrected chi connectivity index (χ0v) is 17.9. The molecule has 0 aromatic heterocycles. The molecule has 0 aliphatic carbocycles. The molecule has 3 rings (SSSR count). The van der Waals surface area contributed by atoms with E-state index in [-0.39, 0.29) is 5.91 Å². The number of carbonyl (C=O) groups is 1. The molecular formula is C20H23BrN2O4S. The van der Waals surface area contributed by atoms with E-state index in [2.05, 4.69) is 15.9 Å². The minimum Gasteiger partial charge on any atom is -0.494 e. The van der Waals surface area contributed by atoms with Gasteiger partial charge in [-0.2, -0.15) is 4.31 Å². The molecule has 0 atom stereocenters. The Hall–Kier alpha value is -1.90. The molecule has 1 heterocycles. The van der Waals surface area contributed by atoms with Crippen LogP contribution >= 0.6 is 15.9 Å². The number of carbonyl (C=O) groups excluding carboxylic acids is 1. The molecule has 150 valence electrons. The maximum atomic E-state index is 12.6. The highest BCUT2D eigenvalue weighted by molar-refractivity contribution is 9.10. The van der Waals surface area contributed by atoms with Crippen molar-refractivity contribution in [2.45, 2.75) is 17.7 Å². The molecule has 28 heavy (non-hydrogen) atoms. The molecule has 0 unspecified atom stereocenters. The number of sulfonamides is 1. The molecule has 1 aliphatic rings. The van der Waals surface area contributed by atoms with Crippen LogP contribution in [0, 0.1) is 0 Å². The van der Waals surface area contributed by atoms with Gasteiger partial charge in [0.15, 0.2) is 0 Å². The molecule has 8 heteroatoms. The van der Waals surface area contributed by atoms with Crippen LogP contribution in [0.15, 0.2) is 64.0 Å². The van der Waals surface area contributed by atoms with Crippen molar-refractivity contribution in [3.8, 4) is 5.75 Å². The maximum Gasteiger partial charge on any atom is 0.243 e. The molecule has 0 radical (unpaired) electrons. The van der Waals surface area contributed by atoms with Crippen molar-refractivity contribution < 1.29 is 17.9 Å². The van der Waals surface area contributed by atoms with E-state index in [0.717, 1.165) is 10.2 Å². The lowest BCUT2D eigenvalue weighted by atomic mass is 10.2. The van der Waals surface area contributed by atoms with Crippen molar-refractivity contribution in [2.24, 2.45) is 0 Å². The Morgan fingerprint density at radius 2 is 1.61 bits per heavy atom. The third-order valence-corrected chi connectivity index (χ3v) is 7.03. The van der Waals surface area contributed by atoms with Crippen molar-refractivity contribution in [3.05, 3.63) is 59.1 Å². The molecule has 1 fully saturated rings. The summed E-state index contributed by atoms with van der Waals surface area (Å²) in [4.78, 5) is 14.4. The van der Waals surface area contributed by atoms with Gasteiger partial charge in [-0.1, -0.05) is 34.1 Å². The SMILES string of the molecule is O=C(CCCOc1ccc(Br)cc1)N1CCN(S(=O)(=O)c2ccccc2)CC1. The normalized spacial score (nSPS) is 15.4. The van der Waals surface area contributed by atoms with Crippen LogP contribution in [0.25, 0.3) is 0 Å². The quantitative estimate of drug-likeness (QED) is 0.587. The van der Waals surface area contributed by atoms with Gasteiger partial charge in [-0.05, 0) is 42.8 Å². The number of rotatable bonds is 7. The third kappa shape index (κ3) is 5.33. The molecular weight excluding hydrogens is 444 g/mol. The standard InChI is InChI=1S/C20H23BrN2O4S/c21-17-8-10-18(11-9-17)27-16-4-7-20(24)22-12-14-23(15-13-22)28(25,26)19-5-2-1-3-6-19/h1-3,5-6,8-11H,4,7,12-16H2. The number of halogens is 1. The summed E-state index contributed by atoms with van der Waals surface area (Å²) in [6, 6.07) is 16.0. The summed E-state index contributed by atoms with van der Waals surface area (Å²) in [6.45, 7) is 1.93. The van der Waals surface area contributed by atoms with E-state index in [1.54, 1.807) is 35.2 Å². The summed E-state index contributed by atoms with van der Waals surface area (Å²) in [5.41, 5.74) is 0. The minimum atomic E-state index is -3.49. The van der Waals surface area contributed by atoms with Crippen molar-refractivity contribution in [2.75, 3.05) is 32.8 Å². The maximum absolute atomic E-state index is 12.6. The number of piperazine rings is 1. The molecule has 1 amide bonds. The fourth-order valence-corrected chi connectivity index (χ4v) is 4.73. The molecule has 6 nitrogen and oxygen atoms in total. The zero-order chi connectivity index (χ0) is 20.0. The van der Waals surface area contributed by atoms with Gasteiger partial charge in [0.05, 0.1) is 11.5 Å². The fraction of sp³-hybridized carbons (Fsp3) is 0.350. The first-order valence-corrected chi connectivity index (χ1v) is 11.4. The average Bonchev–Trinajstić information content (AvgIpc) is 2.73. The smallest absolute Gasteiger partial charge is 0.243 e.